The van der Waals surface area contributed by atoms with Crippen LogP contribution in [0.2, 0.25) is 0 Å². The zero-order valence-electron chi connectivity index (χ0n) is 29.4. The molecule has 0 bridgehead atoms. The van der Waals surface area contributed by atoms with Gasteiger partial charge in [0.1, 0.15) is 0 Å². The van der Waals surface area contributed by atoms with Gasteiger partial charge in [-0.25, -0.2) is 0 Å². The van der Waals surface area contributed by atoms with Crippen LogP contribution in [-0.2, 0) is 6.54 Å². The Kier molecular flexibility index (Phi) is 11.3. The van der Waals surface area contributed by atoms with E-state index in [-0.39, 0.29) is 0 Å². The van der Waals surface area contributed by atoms with E-state index in [0.29, 0.717) is 0 Å². The monoisotopic (exact) mass is 728 g/mol. The molecule has 3 heteroatoms. The van der Waals surface area contributed by atoms with Crippen LogP contribution in [0.3, 0.4) is 0 Å². The number of para-hydroxylation sites is 2. The quantitative estimate of drug-likeness (QED) is 0.0799. The van der Waals surface area contributed by atoms with Crippen molar-refractivity contribution in [1.29, 1.82) is 0 Å². The molecule has 0 radical (unpaired) electrons. The fraction of sp³-hybridized carbons (Fsp3) is 0.167. The number of aryl methyl sites for hydroxylation is 1. The van der Waals surface area contributed by atoms with Gasteiger partial charge in [-0.1, -0.05) is 152 Å². The molecule has 0 saturated heterocycles. The molecule has 254 valence electrons. The van der Waals surface area contributed by atoms with Gasteiger partial charge in [0.2, 0.25) is 0 Å². The third-order valence-corrected chi connectivity index (χ3v) is 10.2. The zero-order chi connectivity index (χ0) is 34.8. The number of hydrogen-bond acceptors (Lipinski definition) is 1. The number of anilines is 3. The Labute approximate surface area is 311 Å². The predicted molar refractivity (Wildman–Crippen MR) is 226 cm³/mol. The van der Waals surface area contributed by atoms with Gasteiger partial charge in [0.25, 0.3) is 0 Å². The molecule has 51 heavy (non-hydrogen) atoms. The van der Waals surface area contributed by atoms with Crippen molar-refractivity contribution in [2.75, 3.05) is 4.90 Å². The topological polar surface area (TPSA) is 8.17 Å². The summed E-state index contributed by atoms with van der Waals surface area (Å²) < 4.78 is 3.64. The summed E-state index contributed by atoms with van der Waals surface area (Å²) in [6.07, 6.45) is 16.7. The van der Waals surface area contributed by atoms with E-state index < -0.39 is 0 Å². The molecular formula is C48H45BrN2. The first-order valence-electron chi connectivity index (χ1n) is 18.3. The number of benzene rings is 6. The summed E-state index contributed by atoms with van der Waals surface area (Å²) in [4.78, 5) is 2.30. The number of hydrogen-bond donors (Lipinski definition) is 0. The van der Waals surface area contributed by atoms with Crippen LogP contribution < -0.4 is 4.90 Å². The first-order valence-corrected chi connectivity index (χ1v) is 19.1. The summed E-state index contributed by atoms with van der Waals surface area (Å²) in [5.41, 5.74) is 10.8. The average Bonchev–Trinajstić information content (AvgIpc) is 3.48. The maximum Gasteiger partial charge on any atom is 0.0491 e. The molecule has 0 spiro atoms. The van der Waals surface area contributed by atoms with Gasteiger partial charge < -0.3 is 9.47 Å². The van der Waals surface area contributed by atoms with E-state index in [2.05, 4.69) is 202 Å². The Morgan fingerprint density at radius 2 is 0.902 bits per heavy atom. The van der Waals surface area contributed by atoms with Gasteiger partial charge in [-0.3, -0.25) is 0 Å². The first kappa shape index (κ1) is 34.3. The maximum atomic E-state index is 3.55. The number of rotatable bonds is 14. The Bertz CT molecular complexity index is 2190. The third kappa shape index (κ3) is 8.44. The van der Waals surface area contributed by atoms with E-state index in [9.17, 15) is 0 Å². The molecule has 0 aliphatic heterocycles. The Morgan fingerprint density at radius 1 is 0.471 bits per heavy atom. The zero-order valence-corrected chi connectivity index (χ0v) is 31.0. The standard InChI is InChI=1S/C48H45BrN2/c1-2-3-4-5-6-13-34-50-47-32-26-39(20-18-37-22-28-41(49)29-23-37)35-45(47)46-36-40(27-33-48(46)50)21-19-38-24-30-44(31-25-38)51(42-14-9-7-10-15-42)43-16-11-8-12-17-43/h7-12,14-33,35-36H,2-6,13,34H2,1H3/b20-18+,21-19+. The average molecular weight is 730 g/mol. The van der Waals surface area contributed by atoms with Gasteiger partial charge in [0.15, 0.2) is 0 Å². The molecule has 0 amide bonds. The number of halogens is 1. The van der Waals surface area contributed by atoms with Crippen molar-refractivity contribution in [3.63, 3.8) is 0 Å². The molecule has 1 heterocycles. The van der Waals surface area contributed by atoms with E-state index in [0.717, 1.165) is 28.1 Å². The van der Waals surface area contributed by atoms with Crippen molar-refractivity contribution in [3.8, 4) is 0 Å². The van der Waals surface area contributed by atoms with Crippen LogP contribution in [0.25, 0.3) is 46.1 Å². The number of aromatic nitrogens is 1. The Morgan fingerprint density at radius 3 is 1.43 bits per heavy atom. The van der Waals surface area contributed by atoms with Gasteiger partial charge in [-0.2, -0.15) is 0 Å². The minimum atomic E-state index is 1.05. The van der Waals surface area contributed by atoms with Gasteiger partial charge in [0, 0.05) is 49.9 Å². The van der Waals surface area contributed by atoms with Crippen molar-refractivity contribution in [1.82, 2.24) is 4.57 Å². The SMILES string of the molecule is CCCCCCCCn1c2ccc(/C=C/c3ccc(Br)cc3)cc2c2cc(/C=C/c3ccc(N(c4ccccc4)c4ccccc4)cc3)ccc21. The minimum Gasteiger partial charge on any atom is -0.340 e. The van der Waals surface area contributed by atoms with Crippen LogP contribution in [-0.4, -0.2) is 4.57 Å². The summed E-state index contributed by atoms with van der Waals surface area (Å²) in [6.45, 7) is 3.33. The smallest absolute Gasteiger partial charge is 0.0491 e. The molecule has 1 aromatic heterocycles. The molecule has 0 unspecified atom stereocenters. The highest BCUT2D eigenvalue weighted by atomic mass is 79.9. The summed E-state index contributed by atoms with van der Waals surface area (Å²) in [5.74, 6) is 0. The van der Waals surface area contributed by atoms with Crippen LogP contribution >= 0.6 is 15.9 Å². The molecule has 0 aliphatic rings. The fourth-order valence-electron chi connectivity index (χ4n) is 6.93. The molecule has 0 N–H and O–H groups in total. The summed E-state index contributed by atoms with van der Waals surface area (Å²) in [5, 5.41) is 2.63. The molecule has 7 rings (SSSR count). The van der Waals surface area contributed by atoms with E-state index >= 15 is 0 Å². The largest absolute Gasteiger partial charge is 0.340 e. The maximum absolute atomic E-state index is 3.55. The fourth-order valence-corrected chi connectivity index (χ4v) is 7.20. The van der Waals surface area contributed by atoms with E-state index in [1.54, 1.807) is 0 Å². The lowest BCUT2D eigenvalue weighted by molar-refractivity contribution is 0.571. The number of unbranched alkanes of at least 4 members (excludes halogenated alkanes) is 5. The van der Waals surface area contributed by atoms with Crippen molar-refractivity contribution in [2.45, 2.75) is 52.0 Å². The van der Waals surface area contributed by atoms with Crippen LogP contribution in [0.5, 0.6) is 0 Å². The van der Waals surface area contributed by atoms with E-state index in [4.69, 9.17) is 0 Å². The lowest BCUT2D eigenvalue weighted by Gasteiger charge is -2.25. The molecule has 7 aromatic rings. The van der Waals surface area contributed by atoms with Crippen LogP contribution in [0.1, 0.15) is 67.7 Å². The lowest BCUT2D eigenvalue weighted by Crippen LogP contribution is -2.09. The molecule has 0 atom stereocenters. The molecular weight excluding hydrogens is 684 g/mol. The Balaban J connectivity index is 1.17. The molecule has 0 saturated carbocycles. The van der Waals surface area contributed by atoms with E-state index in [1.165, 1.54) is 82.6 Å². The van der Waals surface area contributed by atoms with Crippen LogP contribution in [0.15, 0.2) is 150 Å². The first-order chi connectivity index (χ1) is 25.2. The molecule has 2 nitrogen and oxygen atoms in total. The van der Waals surface area contributed by atoms with Crippen molar-refractivity contribution in [2.24, 2.45) is 0 Å². The normalized spacial score (nSPS) is 11.7. The second-order valence-corrected chi connectivity index (χ2v) is 14.2. The molecule has 6 aromatic carbocycles. The second kappa shape index (κ2) is 16.7. The lowest BCUT2D eigenvalue weighted by atomic mass is 10.1. The predicted octanol–water partition coefficient (Wildman–Crippen LogP) is 14.7. The minimum absolute atomic E-state index is 1.05. The highest BCUT2D eigenvalue weighted by Gasteiger charge is 2.13. The van der Waals surface area contributed by atoms with Gasteiger partial charge in [0.05, 0.1) is 0 Å². The van der Waals surface area contributed by atoms with E-state index in [1.807, 2.05) is 0 Å². The van der Waals surface area contributed by atoms with Crippen molar-refractivity contribution in [3.05, 3.63) is 172 Å². The summed E-state index contributed by atoms with van der Waals surface area (Å²) in [7, 11) is 0. The van der Waals surface area contributed by atoms with Crippen molar-refractivity contribution < 1.29 is 0 Å². The number of nitrogens with zero attached hydrogens (tertiary/aromatic N) is 2. The molecule has 0 fully saturated rings. The summed E-state index contributed by atoms with van der Waals surface area (Å²) >= 11 is 3.55. The highest BCUT2D eigenvalue weighted by Crippen LogP contribution is 2.35. The van der Waals surface area contributed by atoms with Gasteiger partial charge in [-0.15, -0.1) is 0 Å². The molecule has 0 aliphatic carbocycles. The van der Waals surface area contributed by atoms with Gasteiger partial charge >= 0.3 is 0 Å². The third-order valence-electron chi connectivity index (χ3n) is 9.63. The summed E-state index contributed by atoms with van der Waals surface area (Å²) in [6, 6.07) is 52.3. The highest BCUT2D eigenvalue weighted by molar-refractivity contribution is 9.10. The second-order valence-electron chi connectivity index (χ2n) is 13.3. The number of fused-ring (bicyclic) bond motifs is 3. The van der Waals surface area contributed by atoms with Crippen LogP contribution in [0.4, 0.5) is 17.1 Å². The van der Waals surface area contributed by atoms with Crippen molar-refractivity contribution >= 4 is 79.1 Å². The van der Waals surface area contributed by atoms with Crippen LogP contribution in [0, 0.1) is 0 Å². The Hall–Kier alpha value is -5.12. The van der Waals surface area contributed by atoms with Gasteiger partial charge in [-0.05, 0) is 101 Å².